The van der Waals surface area contributed by atoms with Crippen molar-refractivity contribution in [2.45, 2.75) is 148 Å². The van der Waals surface area contributed by atoms with E-state index in [0.29, 0.717) is 43.4 Å². The van der Waals surface area contributed by atoms with E-state index in [1.165, 1.54) is 75.8 Å². The number of carbonyl (C=O) groups excluding carboxylic acids is 5. The van der Waals surface area contributed by atoms with Crippen LogP contribution in [0, 0.1) is 11.8 Å². The molecule has 4 bridgehead atoms. The molecule has 1 aliphatic rings. The monoisotopic (exact) mass is 805 g/mol. The van der Waals surface area contributed by atoms with E-state index < -0.39 is 48.4 Å². The van der Waals surface area contributed by atoms with Gasteiger partial charge in [0, 0.05) is 62.1 Å². The number of amides is 3. The number of fused-ring (bicyclic) bond motifs is 5. The van der Waals surface area contributed by atoms with Gasteiger partial charge < -0.3 is 36.5 Å². The second kappa shape index (κ2) is 25.3. The summed E-state index contributed by atoms with van der Waals surface area (Å²) in [6.07, 6.45) is 14.8. The van der Waals surface area contributed by atoms with Crippen LogP contribution in [0.2, 0.25) is 6.82 Å². The number of nitrogens with zero attached hydrogens (tertiary/aromatic N) is 1. The maximum Gasteiger partial charge on any atom is 0.305 e. The highest BCUT2D eigenvalue weighted by Crippen LogP contribution is 2.39. The van der Waals surface area contributed by atoms with Gasteiger partial charge >= 0.3 is 6.92 Å². The summed E-state index contributed by atoms with van der Waals surface area (Å²) >= 11 is 0. The quantitative estimate of drug-likeness (QED) is 0.0531. The number of likely N-dealkylation sites (N-methyl/N-ethyl adjacent to an activating group) is 1. The van der Waals surface area contributed by atoms with Crippen LogP contribution in [0.5, 0.6) is 11.5 Å². The summed E-state index contributed by atoms with van der Waals surface area (Å²) in [6.45, 7) is 4.94. The minimum atomic E-state index is -1.20. The number of phenolic OH excluding ortho intramolecular Hbond substituents is 2. The van der Waals surface area contributed by atoms with Crippen molar-refractivity contribution in [2.75, 3.05) is 20.0 Å². The highest BCUT2D eigenvalue weighted by atomic mass is 16.3. The van der Waals surface area contributed by atoms with Gasteiger partial charge in [0.1, 0.15) is 29.4 Å². The van der Waals surface area contributed by atoms with E-state index in [1.54, 1.807) is 31.2 Å². The molecule has 3 rings (SSSR count). The van der Waals surface area contributed by atoms with Crippen molar-refractivity contribution in [3.8, 4) is 22.6 Å². The molecule has 2 aromatic rings. The van der Waals surface area contributed by atoms with Gasteiger partial charge in [-0.3, -0.25) is 24.0 Å². The van der Waals surface area contributed by atoms with Gasteiger partial charge in [-0.1, -0.05) is 103 Å². The van der Waals surface area contributed by atoms with Gasteiger partial charge in [-0.05, 0) is 61.2 Å². The first-order valence-corrected chi connectivity index (χ1v) is 21.7. The first-order valence-electron chi connectivity index (χ1n) is 21.7. The molecule has 1 heterocycles. The molecular weight excluding hydrogens is 735 g/mol. The summed E-state index contributed by atoms with van der Waals surface area (Å²) in [5.41, 5.74) is 7.16. The fourth-order valence-corrected chi connectivity index (χ4v) is 7.75. The number of hydrogen-bond donors (Lipinski definition) is 6. The summed E-state index contributed by atoms with van der Waals surface area (Å²) in [6, 6.07) is 6.87. The number of benzene rings is 2. The molecule has 7 N–H and O–H groups in total. The Hall–Kier alpha value is -4.23. The maximum absolute atomic E-state index is 14.4. The molecule has 0 aromatic heterocycles. The molecule has 12 nitrogen and oxygen atoms in total. The van der Waals surface area contributed by atoms with Crippen LogP contribution in [-0.4, -0.2) is 82.4 Å². The lowest BCUT2D eigenvalue weighted by molar-refractivity contribution is -0.144. The standard InChI is InChI=1S/C45H69BN4O8/c1-5-6-7-8-9-10-11-12-13-14-15-19-35(51)28-34(18-16-17-24-47)45(57)50(4)42-33-21-23-40(53)37(29-33)36-26-32(20-22-39(36)52)27-38(44(56)48-30-46(3)58)49-43(55)31(2)25-41(42)54/h20-23,26,29,31,34,38,42,52-53,58H,5-19,24-25,27-28,30,47H2,1-4H3,(H,48,56)(H,49,55)/t31-,34-,38+,42+/m1/s1. The normalized spacial score (nSPS) is 17.5. The summed E-state index contributed by atoms with van der Waals surface area (Å²) in [4.78, 5) is 70.4. The smallest absolute Gasteiger partial charge is 0.305 e. The SMILES string of the molecule is CCCCCCCCCCCCCC(=O)C[C@@H](CCCCN)C(=O)N(C)[C@@H]1C(=O)C[C@@H](C)C(=O)N[C@H](C(=O)NCB(C)O)Cc2ccc(O)c(c2)-c2cc1ccc2O. The third-order valence-corrected chi connectivity index (χ3v) is 11.2. The molecule has 0 spiro atoms. The molecule has 320 valence electrons. The molecular formula is C45H69BN4O8. The highest BCUT2D eigenvalue weighted by Gasteiger charge is 2.36. The second-order valence-corrected chi connectivity index (χ2v) is 16.4. The molecule has 3 amide bonds. The number of nitrogens with two attached hydrogens (primary N) is 1. The van der Waals surface area contributed by atoms with Crippen LogP contribution in [-0.2, 0) is 30.4 Å². The van der Waals surface area contributed by atoms with E-state index in [9.17, 15) is 39.2 Å². The Balaban J connectivity index is 1.87. The Morgan fingerprint density at radius 1 is 0.879 bits per heavy atom. The molecule has 0 radical (unpaired) electrons. The maximum atomic E-state index is 14.4. The zero-order chi connectivity index (χ0) is 42.6. The van der Waals surface area contributed by atoms with Crippen LogP contribution in [0.4, 0.5) is 0 Å². The van der Waals surface area contributed by atoms with E-state index in [-0.39, 0.29) is 60.0 Å². The molecule has 0 unspecified atom stereocenters. The number of carbonyl (C=O) groups is 5. The molecule has 0 fully saturated rings. The number of hydrogen-bond acceptors (Lipinski definition) is 9. The number of ketones is 2. The average molecular weight is 805 g/mol. The van der Waals surface area contributed by atoms with Crippen LogP contribution in [0.25, 0.3) is 11.1 Å². The highest BCUT2D eigenvalue weighted by molar-refractivity contribution is 6.49. The Bertz CT molecular complexity index is 1650. The Morgan fingerprint density at radius 2 is 1.48 bits per heavy atom. The van der Waals surface area contributed by atoms with Gasteiger partial charge in [-0.15, -0.1) is 0 Å². The Morgan fingerprint density at radius 3 is 2.10 bits per heavy atom. The minimum absolute atomic E-state index is 0.00682. The lowest BCUT2D eigenvalue weighted by Gasteiger charge is -2.32. The number of Topliss-reactive ketones (excluding diaryl/α,β-unsaturated/α-hetero) is 2. The molecule has 2 aromatic carbocycles. The second-order valence-electron chi connectivity index (χ2n) is 16.4. The predicted molar refractivity (Wildman–Crippen MR) is 229 cm³/mol. The fourth-order valence-electron chi connectivity index (χ4n) is 7.75. The lowest BCUT2D eigenvalue weighted by Crippen LogP contribution is -2.51. The van der Waals surface area contributed by atoms with Gasteiger partial charge in [0.15, 0.2) is 5.78 Å². The molecule has 0 aliphatic carbocycles. The molecule has 58 heavy (non-hydrogen) atoms. The van der Waals surface area contributed by atoms with E-state index in [1.807, 2.05) is 0 Å². The summed E-state index contributed by atoms with van der Waals surface area (Å²) in [5.74, 6) is -3.83. The zero-order valence-corrected chi connectivity index (χ0v) is 35.4. The van der Waals surface area contributed by atoms with Crippen LogP contribution < -0.4 is 16.4 Å². The van der Waals surface area contributed by atoms with Crippen molar-refractivity contribution in [1.29, 1.82) is 0 Å². The van der Waals surface area contributed by atoms with Crippen LogP contribution in [0.3, 0.4) is 0 Å². The summed E-state index contributed by atoms with van der Waals surface area (Å²) in [7, 11) is 1.52. The third-order valence-electron chi connectivity index (χ3n) is 11.2. The number of phenols is 2. The molecule has 1 aliphatic heterocycles. The van der Waals surface area contributed by atoms with Crippen molar-refractivity contribution >= 4 is 36.2 Å². The van der Waals surface area contributed by atoms with Gasteiger partial charge in [0.2, 0.25) is 17.7 Å². The van der Waals surface area contributed by atoms with Crippen LogP contribution >= 0.6 is 0 Å². The van der Waals surface area contributed by atoms with Crippen LogP contribution in [0.15, 0.2) is 36.4 Å². The minimum Gasteiger partial charge on any atom is -0.507 e. The van der Waals surface area contributed by atoms with Gasteiger partial charge in [0.05, 0.1) is 0 Å². The molecule has 4 atom stereocenters. The lowest BCUT2D eigenvalue weighted by atomic mass is 9.72. The third kappa shape index (κ3) is 15.5. The predicted octanol–water partition coefficient (Wildman–Crippen LogP) is 6.58. The van der Waals surface area contributed by atoms with E-state index in [2.05, 4.69) is 17.6 Å². The Kier molecular flexibility index (Phi) is 21.0. The molecule has 0 saturated carbocycles. The van der Waals surface area contributed by atoms with Crippen molar-refractivity contribution in [3.05, 3.63) is 47.5 Å². The fraction of sp³-hybridized carbons (Fsp3) is 0.622. The summed E-state index contributed by atoms with van der Waals surface area (Å²) in [5, 5.41) is 37.2. The van der Waals surface area contributed by atoms with Crippen molar-refractivity contribution in [2.24, 2.45) is 17.6 Å². The van der Waals surface area contributed by atoms with E-state index >= 15 is 0 Å². The largest absolute Gasteiger partial charge is 0.507 e. The topological polar surface area (TPSA) is 199 Å². The van der Waals surface area contributed by atoms with E-state index in [0.717, 1.165) is 25.7 Å². The first-order chi connectivity index (χ1) is 27.8. The number of aromatic hydroxyl groups is 2. The van der Waals surface area contributed by atoms with Crippen molar-refractivity contribution in [1.82, 2.24) is 15.5 Å². The summed E-state index contributed by atoms with van der Waals surface area (Å²) < 4.78 is 0. The molecule has 0 saturated heterocycles. The number of rotatable bonds is 23. The van der Waals surface area contributed by atoms with Crippen molar-refractivity contribution < 1.29 is 39.2 Å². The first kappa shape index (κ1) is 48.1. The van der Waals surface area contributed by atoms with E-state index in [4.69, 9.17) is 5.73 Å². The number of nitrogens with one attached hydrogen (secondary N) is 2. The zero-order valence-electron chi connectivity index (χ0n) is 35.4. The van der Waals surface area contributed by atoms with Gasteiger partial charge in [-0.25, -0.2) is 0 Å². The van der Waals surface area contributed by atoms with Gasteiger partial charge in [-0.2, -0.15) is 0 Å². The average Bonchev–Trinajstić information content (AvgIpc) is 3.19. The van der Waals surface area contributed by atoms with Crippen LogP contribution in [0.1, 0.15) is 140 Å². The molecule has 13 heteroatoms. The Labute approximate surface area is 346 Å². The number of unbranched alkanes of at least 4 members (excludes halogenated alkanes) is 11. The van der Waals surface area contributed by atoms with Gasteiger partial charge in [0.25, 0.3) is 0 Å². The van der Waals surface area contributed by atoms with Crippen molar-refractivity contribution in [3.63, 3.8) is 0 Å².